The van der Waals surface area contributed by atoms with Crippen molar-refractivity contribution in [3.05, 3.63) is 23.4 Å². The number of aromatic carboxylic acids is 1. The van der Waals surface area contributed by atoms with Crippen LogP contribution in [0.2, 0.25) is 0 Å². The summed E-state index contributed by atoms with van der Waals surface area (Å²) in [6.07, 6.45) is 6.62. The Morgan fingerprint density at radius 3 is 2.72 bits per heavy atom. The number of aryl methyl sites for hydroxylation is 1. The molecule has 18 heavy (non-hydrogen) atoms. The van der Waals surface area contributed by atoms with E-state index >= 15 is 0 Å². The maximum Gasteiger partial charge on any atom is 0.335 e. The average molecular weight is 249 g/mol. The lowest BCUT2D eigenvalue weighted by Crippen LogP contribution is -2.20. The molecule has 4 heteroatoms. The average Bonchev–Trinajstić information content (AvgIpc) is 2.39. The predicted octanol–water partition coefficient (Wildman–Crippen LogP) is 3.05. The summed E-state index contributed by atoms with van der Waals surface area (Å²) in [7, 11) is 0. The van der Waals surface area contributed by atoms with Crippen LogP contribution in [0.25, 0.3) is 0 Å². The van der Waals surface area contributed by atoms with E-state index in [2.05, 4.69) is 4.98 Å². The van der Waals surface area contributed by atoms with Crippen LogP contribution in [-0.2, 0) is 6.42 Å². The van der Waals surface area contributed by atoms with Crippen LogP contribution in [0.15, 0.2) is 12.1 Å². The van der Waals surface area contributed by atoms with E-state index in [1.165, 1.54) is 25.3 Å². The highest BCUT2D eigenvalue weighted by Crippen LogP contribution is 2.23. The van der Waals surface area contributed by atoms with E-state index in [9.17, 15) is 4.79 Å². The first-order valence-corrected chi connectivity index (χ1v) is 6.60. The van der Waals surface area contributed by atoms with Crippen molar-refractivity contribution in [1.29, 1.82) is 0 Å². The third-order valence-electron chi connectivity index (χ3n) is 3.30. The van der Waals surface area contributed by atoms with Crippen LogP contribution in [0, 0.1) is 0 Å². The van der Waals surface area contributed by atoms with Crippen molar-refractivity contribution in [2.24, 2.45) is 0 Å². The zero-order valence-corrected chi connectivity index (χ0v) is 10.7. The standard InChI is InChI=1S/C14H19NO3/c1-2-11-8-10(14(16)17)9-13(15-11)18-12-6-4-3-5-7-12/h8-9,12H,2-7H2,1H3,(H,16,17). The van der Waals surface area contributed by atoms with E-state index in [-0.39, 0.29) is 11.7 Å². The lowest BCUT2D eigenvalue weighted by Gasteiger charge is -2.22. The number of pyridine rings is 1. The Morgan fingerprint density at radius 2 is 2.11 bits per heavy atom. The molecule has 0 bridgehead atoms. The molecule has 1 heterocycles. The number of nitrogens with zero attached hydrogens (tertiary/aromatic N) is 1. The van der Waals surface area contributed by atoms with Crippen molar-refractivity contribution in [3.63, 3.8) is 0 Å². The Morgan fingerprint density at radius 1 is 1.39 bits per heavy atom. The summed E-state index contributed by atoms with van der Waals surface area (Å²) in [5, 5.41) is 9.05. The van der Waals surface area contributed by atoms with E-state index in [1.54, 1.807) is 6.07 Å². The lowest BCUT2D eigenvalue weighted by molar-refractivity contribution is 0.0695. The molecule has 0 aliphatic heterocycles. The number of carbonyl (C=O) groups is 1. The summed E-state index contributed by atoms with van der Waals surface area (Å²) < 4.78 is 5.81. The molecule has 1 N–H and O–H groups in total. The Hall–Kier alpha value is -1.58. The van der Waals surface area contributed by atoms with Gasteiger partial charge in [-0.05, 0) is 38.2 Å². The molecular weight excluding hydrogens is 230 g/mol. The van der Waals surface area contributed by atoms with Gasteiger partial charge in [0.2, 0.25) is 5.88 Å². The number of aromatic nitrogens is 1. The van der Waals surface area contributed by atoms with Gasteiger partial charge in [0, 0.05) is 11.8 Å². The maximum atomic E-state index is 11.0. The minimum atomic E-state index is -0.930. The van der Waals surface area contributed by atoms with Crippen LogP contribution < -0.4 is 4.74 Å². The van der Waals surface area contributed by atoms with Gasteiger partial charge in [-0.3, -0.25) is 0 Å². The van der Waals surface area contributed by atoms with Gasteiger partial charge < -0.3 is 9.84 Å². The summed E-state index contributed by atoms with van der Waals surface area (Å²) in [6.45, 7) is 1.96. The lowest BCUT2D eigenvalue weighted by atomic mass is 9.98. The number of carboxylic acids is 1. The van der Waals surface area contributed by atoms with Crippen molar-refractivity contribution in [2.75, 3.05) is 0 Å². The number of carboxylic acid groups (broad SMARTS) is 1. The molecule has 0 aromatic carbocycles. The smallest absolute Gasteiger partial charge is 0.335 e. The molecule has 1 aromatic rings. The fraction of sp³-hybridized carbons (Fsp3) is 0.571. The first-order chi connectivity index (χ1) is 8.69. The van der Waals surface area contributed by atoms with E-state index in [1.807, 2.05) is 6.92 Å². The topological polar surface area (TPSA) is 59.4 Å². The molecule has 0 spiro atoms. The maximum absolute atomic E-state index is 11.0. The Balaban J connectivity index is 2.15. The van der Waals surface area contributed by atoms with Crippen LogP contribution in [0.3, 0.4) is 0 Å². The van der Waals surface area contributed by atoms with Crippen molar-refractivity contribution in [2.45, 2.75) is 51.6 Å². The van der Waals surface area contributed by atoms with Gasteiger partial charge in [-0.25, -0.2) is 9.78 Å². The van der Waals surface area contributed by atoms with Gasteiger partial charge in [-0.15, -0.1) is 0 Å². The monoisotopic (exact) mass is 249 g/mol. The van der Waals surface area contributed by atoms with E-state index < -0.39 is 5.97 Å². The molecule has 0 atom stereocenters. The summed E-state index contributed by atoms with van der Waals surface area (Å²) in [5.41, 5.74) is 1.02. The highest BCUT2D eigenvalue weighted by atomic mass is 16.5. The minimum Gasteiger partial charge on any atom is -0.478 e. The summed E-state index contributed by atoms with van der Waals surface area (Å²) in [6, 6.07) is 3.13. The quantitative estimate of drug-likeness (QED) is 0.891. The third-order valence-corrected chi connectivity index (χ3v) is 3.30. The molecular formula is C14H19NO3. The van der Waals surface area contributed by atoms with Crippen LogP contribution >= 0.6 is 0 Å². The molecule has 1 aromatic heterocycles. The first-order valence-electron chi connectivity index (χ1n) is 6.60. The van der Waals surface area contributed by atoms with Crippen molar-refractivity contribution in [3.8, 4) is 5.88 Å². The Bertz CT molecular complexity index is 425. The van der Waals surface area contributed by atoms with E-state index in [4.69, 9.17) is 9.84 Å². The molecule has 2 rings (SSSR count). The largest absolute Gasteiger partial charge is 0.478 e. The van der Waals surface area contributed by atoms with Crippen LogP contribution in [0.1, 0.15) is 55.1 Å². The predicted molar refractivity (Wildman–Crippen MR) is 68.1 cm³/mol. The van der Waals surface area contributed by atoms with E-state index in [0.717, 1.165) is 18.5 Å². The van der Waals surface area contributed by atoms with Gasteiger partial charge in [0.15, 0.2) is 0 Å². The molecule has 98 valence electrons. The number of rotatable bonds is 4. The normalized spacial score (nSPS) is 16.5. The number of hydrogen-bond donors (Lipinski definition) is 1. The first kappa shape index (κ1) is 12.9. The molecule has 1 aliphatic carbocycles. The zero-order valence-electron chi connectivity index (χ0n) is 10.7. The molecule has 0 amide bonds. The van der Waals surface area contributed by atoms with Gasteiger partial charge in [0.25, 0.3) is 0 Å². The van der Waals surface area contributed by atoms with Crippen molar-refractivity contribution < 1.29 is 14.6 Å². The second-order valence-corrected chi connectivity index (χ2v) is 4.72. The Labute approximate surface area is 107 Å². The highest BCUT2D eigenvalue weighted by molar-refractivity contribution is 5.88. The van der Waals surface area contributed by atoms with Gasteiger partial charge >= 0.3 is 5.97 Å². The molecule has 0 saturated heterocycles. The number of ether oxygens (including phenoxy) is 1. The van der Waals surface area contributed by atoms with E-state index in [0.29, 0.717) is 12.3 Å². The van der Waals surface area contributed by atoms with Crippen LogP contribution in [0.4, 0.5) is 0 Å². The molecule has 1 saturated carbocycles. The SMILES string of the molecule is CCc1cc(C(=O)O)cc(OC2CCCCC2)n1. The second-order valence-electron chi connectivity index (χ2n) is 4.72. The van der Waals surface area contributed by atoms with Crippen molar-refractivity contribution >= 4 is 5.97 Å². The summed E-state index contributed by atoms with van der Waals surface area (Å²) >= 11 is 0. The molecule has 1 aliphatic rings. The number of hydrogen-bond acceptors (Lipinski definition) is 3. The molecule has 0 radical (unpaired) electrons. The second kappa shape index (κ2) is 5.85. The van der Waals surface area contributed by atoms with Crippen LogP contribution in [0.5, 0.6) is 5.88 Å². The van der Waals surface area contributed by atoms with Gasteiger partial charge in [-0.2, -0.15) is 0 Å². The Kier molecular flexibility index (Phi) is 4.18. The zero-order chi connectivity index (χ0) is 13.0. The van der Waals surface area contributed by atoms with Crippen LogP contribution in [-0.4, -0.2) is 22.2 Å². The molecule has 0 unspecified atom stereocenters. The molecule has 1 fully saturated rings. The highest BCUT2D eigenvalue weighted by Gasteiger charge is 2.17. The molecule has 4 nitrogen and oxygen atoms in total. The fourth-order valence-corrected chi connectivity index (χ4v) is 2.28. The third kappa shape index (κ3) is 3.22. The van der Waals surface area contributed by atoms with Gasteiger partial charge in [0.05, 0.1) is 5.56 Å². The summed E-state index contributed by atoms with van der Waals surface area (Å²) in [4.78, 5) is 15.4. The minimum absolute atomic E-state index is 0.194. The fourth-order valence-electron chi connectivity index (χ4n) is 2.28. The van der Waals surface area contributed by atoms with Gasteiger partial charge in [0.1, 0.15) is 6.10 Å². The van der Waals surface area contributed by atoms with Gasteiger partial charge in [-0.1, -0.05) is 13.3 Å². The van der Waals surface area contributed by atoms with Crippen molar-refractivity contribution in [1.82, 2.24) is 4.98 Å². The summed E-state index contributed by atoms with van der Waals surface area (Å²) in [5.74, 6) is -0.473.